The second-order valence-electron chi connectivity index (χ2n) is 7.50. The molecule has 0 aliphatic carbocycles. The van der Waals surface area contributed by atoms with Crippen molar-refractivity contribution in [2.24, 2.45) is 7.05 Å². The summed E-state index contributed by atoms with van der Waals surface area (Å²) in [4.78, 5) is 28.0. The van der Waals surface area contributed by atoms with Crippen molar-refractivity contribution in [1.82, 2.24) is 29.6 Å². The summed E-state index contributed by atoms with van der Waals surface area (Å²) >= 11 is 0. The van der Waals surface area contributed by atoms with Gasteiger partial charge in [-0.1, -0.05) is 6.07 Å². The maximum atomic E-state index is 12.6. The van der Waals surface area contributed by atoms with Crippen LogP contribution in [0.2, 0.25) is 0 Å². The summed E-state index contributed by atoms with van der Waals surface area (Å²) in [7, 11) is 1.85. The van der Waals surface area contributed by atoms with Gasteiger partial charge in [0, 0.05) is 50.6 Å². The Hall–Kier alpha value is -3.55. The molecule has 0 bridgehead atoms. The summed E-state index contributed by atoms with van der Waals surface area (Å²) in [6, 6.07) is 7.75. The van der Waals surface area contributed by atoms with Crippen LogP contribution in [0.25, 0.3) is 6.08 Å². The molecule has 1 aliphatic heterocycles. The lowest BCUT2D eigenvalue weighted by molar-refractivity contribution is -0.124. The number of hydrogen-bond donors (Lipinski definition) is 1. The highest BCUT2D eigenvalue weighted by Gasteiger charge is 2.28. The van der Waals surface area contributed by atoms with Crippen molar-refractivity contribution in [1.29, 1.82) is 0 Å². The molecule has 1 N–H and O–H groups in total. The number of carbonyl (C=O) groups is 1. The fraction of sp³-hybridized carbons (Fsp3) is 0.318. The average molecular weight is 403 g/mol. The zero-order chi connectivity index (χ0) is 21.1. The summed E-state index contributed by atoms with van der Waals surface area (Å²) < 4.78 is 1.73. The number of carbonyl (C=O) groups excluding carboxylic acids is 1. The lowest BCUT2D eigenvalue weighted by atomic mass is 10.0. The number of anilines is 2. The Bertz CT molecular complexity index is 1090. The van der Waals surface area contributed by atoms with Gasteiger partial charge in [0.05, 0.1) is 11.4 Å². The molecule has 4 heterocycles. The molecule has 1 amide bonds. The van der Waals surface area contributed by atoms with Crippen LogP contribution >= 0.6 is 0 Å². The molecule has 0 radical (unpaired) electrons. The van der Waals surface area contributed by atoms with Gasteiger partial charge in [-0.15, -0.1) is 0 Å². The van der Waals surface area contributed by atoms with Crippen molar-refractivity contribution in [3.63, 3.8) is 0 Å². The molecule has 0 spiro atoms. The van der Waals surface area contributed by atoms with Gasteiger partial charge in [-0.05, 0) is 44.0 Å². The molecule has 1 aliphatic rings. The minimum atomic E-state index is 0.00642. The quantitative estimate of drug-likeness (QED) is 0.659. The minimum absolute atomic E-state index is 0.00642. The molecule has 1 atom stereocenters. The molecule has 3 aromatic rings. The Morgan fingerprint density at radius 2 is 2.10 bits per heavy atom. The van der Waals surface area contributed by atoms with E-state index in [4.69, 9.17) is 0 Å². The molecule has 0 saturated carbocycles. The zero-order valence-corrected chi connectivity index (χ0v) is 17.4. The van der Waals surface area contributed by atoms with E-state index in [9.17, 15) is 4.79 Å². The largest absolute Gasteiger partial charge is 0.338 e. The van der Waals surface area contributed by atoms with Crippen LogP contribution in [0.5, 0.6) is 0 Å². The number of pyridine rings is 1. The summed E-state index contributed by atoms with van der Waals surface area (Å²) in [5.74, 6) is 2.40. The Morgan fingerprint density at radius 1 is 1.23 bits per heavy atom. The van der Waals surface area contributed by atoms with E-state index in [1.165, 1.54) is 0 Å². The molecule has 0 aromatic carbocycles. The van der Waals surface area contributed by atoms with E-state index in [0.29, 0.717) is 18.9 Å². The Morgan fingerprint density at radius 3 is 2.87 bits per heavy atom. The predicted molar refractivity (Wildman–Crippen MR) is 115 cm³/mol. The SMILES string of the molecule is Cc1nc(Nc2ncccc2C)cc([C@@H]2CCN(C(=O)/C=C/c3ccnn3C)C2)n1. The molecule has 1 saturated heterocycles. The highest BCUT2D eigenvalue weighted by molar-refractivity contribution is 5.91. The van der Waals surface area contributed by atoms with Crippen molar-refractivity contribution in [2.45, 2.75) is 26.2 Å². The maximum Gasteiger partial charge on any atom is 0.246 e. The normalized spacial score (nSPS) is 16.4. The Balaban J connectivity index is 1.45. The summed E-state index contributed by atoms with van der Waals surface area (Å²) in [5.41, 5.74) is 2.89. The van der Waals surface area contributed by atoms with Crippen LogP contribution in [0.1, 0.15) is 35.1 Å². The minimum Gasteiger partial charge on any atom is -0.338 e. The number of aryl methyl sites for hydroxylation is 3. The first-order valence-corrected chi connectivity index (χ1v) is 9.99. The van der Waals surface area contributed by atoms with E-state index in [-0.39, 0.29) is 11.8 Å². The molecule has 1 fully saturated rings. The summed E-state index contributed by atoms with van der Waals surface area (Å²) in [6.45, 7) is 5.25. The molecule has 8 heteroatoms. The van der Waals surface area contributed by atoms with E-state index in [1.807, 2.05) is 50.1 Å². The van der Waals surface area contributed by atoms with Crippen LogP contribution in [0, 0.1) is 13.8 Å². The highest BCUT2D eigenvalue weighted by Crippen LogP contribution is 2.28. The van der Waals surface area contributed by atoms with Crippen LogP contribution in [-0.4, -0.2) is 48.6 Å². The Labute approximate surface area is 175 Å². The van der Waals surface area contributed by atoms with Crippen molar-refractivity contribution in [3.8, 4) is 0 Å². The van der Waals surface area contributed by atoms with Crippen LogP contribution in [0.3, 0.4) is 0 Å². The fourth-order valence-electron chi connectivity index (χ4n) is 3.61. The first-order valence-electron chi connectivity index (χ1n) is 9.99. The zero-order valence-electron chi connectivity index (χ0n) is 17.4. The number of hydrogen-bond acceptors (Lipinski definition) is 6. The van der Waals surface area contributed by atoms with E-state index < -0.39 is 0 Å². The van der Waals surface area contributed by atoms with Crippen LogP contribution in [0.15, 0.2) is 42.7 Å². The van der Waals surface area contributed by atoms with Gasteiger partial charge >= 0.3 is 0 Å². The topological polar surface area (TPSA) is 88.8 Å². The van der Waals surface area contributed by atoms with Gasteiger partial charge in [0.2, 0.25) is 5.91 Å². The lowest BCUT2D eigenvalue weighted by Gasteiger charge is -2.15. The average Bonchev–Trinajstić information content (AvgIpc) is 3.37. The van der Waals surface area contributed by atoms with Gasteiger partial charge in [-0.3, -0.25) is 9.48 Å². The first kappa shape index (κ1) is 19.8. The standard InChI is InChI=1S/C22H25N7O/c1-15-5-4-10-23-22(15)27-20-13-19(25-16(2)26-20)17-9-12-29(14-17)21(30)7-6-18-8-11-24-28(18)3/h4-8,10-11,13,17H,9,12,14H2,1-3H3,(H,23,25,26,27)/b7-6+/t17-/m1/s1. The van der Waals surface area contributed by atoms with Crippen molar-refractivity contribution >= 4 is 23.6 Å². The third kappa shape index (κ3) is 4.37. The van der Waals surface area contributed by atoms with E-state index in [0.717, 1.165) is 35.0 Å². The van der Waals surface area contributed by atoms with E-state index in [2.05, 4.69) is 25.4 Å². The van der Waals surface area contributed by atoms with Gasteiger partial charge in [0.25, 0.3) is 0 Å². The molecule has 0 unspecified atom stereocenters. The molecular formula is C22H25N7O. The summed E-state index contributed by atoms with van der Waals surface area (Å²) in [5, 5.41) is 7.40. The molecule has 8 nitrogen and oxygen atoms in total. The van der Waals surface area contributed by atoms with Crippen LogP contribution in [0.4, 0.5) is 11.6 Å². The third-order valence-electron chi connectivity index (χ3n) is 5.29. The molecule has 30 heavy (non-hydrogen) atoms. The third-order valence-corrected chi connectivity index (χ3v) is 5.29. The molecular weight excluding hydrogens is 378 g/mol. The van der Waals surface area contributed by atoms with Crippen molar-refractivity contribution in [2.75, 3.05) is 18.4 Å². The van der Waals surface area contributed by atoms with Crippen molar-refractivity contribution < 1.29 is 4.79 Å². The fourth-order valence-corrected chi connectivity index (χ4v) is 3.61. The van der Waals surface area contributed by atoms with Crippen molar-refractivity contribution in [3.05, 3.63) is 65.5 Å². The number of nitrogens with one attached hydrogen (secondary N) is 1. The number of nitrogens with zero attached hydrogens (tertiary/aromatic N) is 6. The van der Waals surface area contributed by atoms with Gasteiger partial charge in [0.15, 0.2) is 0 Å². The highest BCUT2D eigenvalue weighted by atomic mass is 16.2. The molecule has 3 aromatic heterocycles. The van der Waals surface area contributed by atoms with Crippen LogP contribution in [-0.2, 0) is 11.8 Å². The van der Waals surface area contributed by atoms with Crippen LogP contribution < -0.4 is 5.32 Å². The number of aromatic nitrogens is 5. The molecule has 4 rings (SSSR count). The number of likely N-dealkylation sites (tertiary alicyclic amines) is 1. The number of amides is 1. The van der Waals surface area contributed by atoms with E-state index >= 15 is 0 Å². The predicted octanol–water partition coefficient (Wildman–Crippen LogP) is 2.99. The molecule has 154 valence electrons. The van der Waals surface area contributed by atoms with Gasteiger partial charge < -0.3 is 10.2 Å². The van der Waals surface area contributed by atoms with Gasteiger partial charge in [0.1, 0.15) is 17.5 Å². The van der Waals surface area contributed by atoms with Gasteiger partial charge in [-0.25, -0.2) is 15.0 Å². The maximum absolute atomic E-state index is 12.6. The number of rotatable bonds is 5. The second kappa shape index (κ2) is 8.44. The van der Waals surface area contributed by atoms with E-state index in [1.54, 1.807) is 29.2 Å². The lowest BCUT2D eigenvalue weighted by Crippen LogP contribution is -2.26. The Kier molecular flexibility index (Phi) is 5.56. The monoisotopic (exact) mass is 403 g/mol. The summed E-state index contributed by atoms with van der Waals surface area (Å²) in [6.07, 6.45) is 7.76. The second-order valence-corrected chi connectivity index (χ2v) is 7.50. The smallest absolute Gasteiger partial charge is 0.246 e. The first-order chi connectivity index (χ1) is 14.5. The van der Waals surface area contributed by atoms with Gasteiger partial charge in [-0.2, -0.15) is 5.10 Å².